The van der Waals surface area contributed by atoms with Gasteiger partial charge in [-0.15, -0.1) is 0 Å². The van der Waals surface area contributed by atoms with Gasteiger partial charge in [0, 0.05) is 0 Å². The quantitative estimate of drug-likeness (QED) is 0.814. The maximum absolute atomic E-state index is 12.4. The molecule has 1 aliphatic rings. The number of rotatable bonds is 2. The fourth-order valence-corrected chi connectivity index (χ4v) is 3.09. The molecule has 0 radical (unpaired) electrons. The lowest BCUT2D eigenvalue weighted by Gasteiger charge is -2.37. The monoisotopic (exact) mass is 336 g/mol. The average molecular weight is 337 g/mol. The van der Waals surface area contributed by atoms with E-state index >= 15 is 0 Å². The minimum Gasteiger partial charge on any atom is -0.317 e. The number of hydroxylamine groups is 2. The average Bonchev–Trinajstić information content (AvgIpc) is 2.53. The molecule has 2 aromatic carbocycles. The number of fused-ring (bicyclic) bond motifs is 1. The van der Waals surface area contributed by atoms with Crippen molar-refractivity contribution < 1.29 is 9.63 Å². The summed E-state index contributed by atoms with van der Waals surface area (Å²) in [5.74, 6) is -0.186. The zero-order valence-corrected chi connectivity index (χ0v) is 13.6. The molecule has 114 valence electrons. The lowest BCUT2D eigenvalue weighted by atomic mass is 10.1. The predicted octanol–water partition coefficient (Wildman–Crippen LogP) is 4.41. The summed E-state index contributed by atoms with van der Waals surface area (Å²) < 4.78 is 0. The van der Waals surface area contributed by atoms with E-state index in [0.29, 0.717) is 21.3 Å². The fraction of sp³-hybridized carbons (Fsp3) is 0.188. The van der Waals surface area contributed by atoms with Crippen LogP contribution in [0.1, 0.15) is 15.9 Å². The van der Waals surface area contributed by atoms with Gasteiger partial charge < -0.3 is 4.90 Å². The normalized spacial score (nSPS) is 14.3. The van der Waals surface area contributed by atoms with Crippen LogP contribution in [0.25, 0.3) is 0 Å². The minimum atomic E-state index is -0.186. The minimum absolute atomic E-state index is 0.186. The van der Waals surface area contributed by atoms with Gasteiger partial charge in [0.2, 0.25) is 0 Å². The van der Waals surface area contributed by atoms with Crippen LogP contribution >= 0.6 is 23.2 Å². The number of para-hydroxylation sites is 1. The number of amides is 1. The SMILES string of the molecule is CON1CN(c2c(Cl)ccc(C)c2Cl)c2ccccc2C1=O. The number of nitrogens with zero attached hydrogens (tertiary/aromatic N) is 2. The summed E-state index contributed by atoms with van der Waals surface area (Å²) in [4.78, 5) is 19.4. The molecule has 0 unspecified atom stereocenters. The molecule has 0 saturated carbocycles. The summed E-state index contributed by atoms with van der Waals surface area (Å²) in [5.41, 5.74) is 2.89. The van der Waals surface area contributed by atoms with Crippen molar-refractivity contribution in [3.63, 3.8) is 0 Å². The molecule has 0 bridgehead atoms. The van der Waals surface area contributed by atoms with E-state index in [4.69, 9.17) is 28.0 Å². The molecule has 0 aliphatic carbocycles. The van der Waals surface area contributed by atoms with Crippen LogP contribution < -0.4 is 4.90 Å². The standard InChI is InChI=1S/C16H14Cl2N2O2/c1-10-7-8-12(17)15(14(10)18)19-9-20(22-2)16(21)11-5-3-4-6-13(11)19/h3-8H,9H2,1-2H3. The molecular weight excluding hydrogens is 323 g/mol. The Morgan fingerprint density at radius 3 is 2.59 bits per heavy atom. The number of carbonyl (C=O) groups is 1. The molecule has 0 spiro atoms. The van der Waals surface area contributed by atoms with E-state index in [9.17, 15) is 4.79 Å². The Bertz CT molecular complexity index is 749. The zero-order valence-electron chi connectivity index (χ0n) is 12.1. The summed E-state index contributed by atoms with van der Waals surface area (Å²) in [6.45, 7) is 2.13. The fourth-order valence-electron chi connectivity index (χ4n) is 2.51. The molecule has 1 aliphatic heterocycles. The molecule has 6 heteroatoms. The molecule has 1 heterocycles. The third-order valence-corrected chi connectivity index (χ3v) is 4.45. The second-order valence-electron chi connectivity index (χ2n) is 4.98. The third kappa shape index (κ3) is 2.33. The molecular formula is C16H14Cl2N2O2. The first-order valence-corrected chi connectivity index (χ1v) is 7.47. The van der Waals surface area contributed by atoms with Crippen molar-refractivity contribution in [3.05, 3.63) is 57.6 Å². The highest BCUT2D eigenvalue weighted by Gasteiger charge is 2.32. The predicted molar refractivity (Wildman–Crippen MR) is 87.8 cm³/mol. The number of carbonyl (C=O) groups excluding carboxylic acids is 1. The maximum atomic E-state index is 12.4. The number of hydrogen-bond acceptors (Lipinski definition) is 3. The van der Waals surface area contributed by atoms with Crippen molar-refractivity contribution in [1.29, 1.82) is 0 Å². The van der Waals surface area contributed by atoms with E-state index in [-0.39, 0.29) is 12.6 Å². The van der Waals surface area contributed by atoms with Gasteiger partial charge in [0.1, 0.15) is 6.67 Å². The Morgan fingerprint density at radius 2 is 1.86 bits per heavy atom. The number of anilines is 2. The van der Waals surface area contributed by atoms with Crippen LogP contribution in [0.4, 0.5) is 11.4 Å². The Hall–Kier alpha value is -1.75. The summed E-state index contributed by atoms with van der Waals surface area (Å²) in [6, 6.07) is 11.0. The summed E-state index contributed by atoms with van der Waals surface area (Å²) in [6.07, 6.45) is 0. The van der Waals surface area contributed by atoms with Gasteiger partial charge in [-0.3, -0.25) is 9.63 Å². The molecule has 0 N–H and O–H groups in total. The number of halogens is 2. The van der Waals surface area contributed by atoms with E-state index in [2.05, 4.69) is 0 Å². The topological polar surface area (TPSA) is 32.8 Å². The van der Waals surface area contributed by atoms with Crippen LogP contribution in [0.5, 0.6) is 0 Å². The molecule has 22 heavy (non-hydrogen) atoms. The second kappa shape index (κ2) is 5.80. The first-order valence-electron chi connectivity index (χ1n) is 6.71. The number of aryl methyl sites for hydroxylation is 1. The highest BCUT2D eigenvalue weighted by molar-refractivity contribution is 6.40. The first-order chi connectivity index (χ1) is 10.5. The zero-order chi connectivity index (χ0) is 15.9. The van der Waals surface area contributed by atoms with Crippen LogP contribution in [-0.4, -0.2) is 24.7 Å². The Kier molecular flexibility index (Phi) is 4.00. The highest BCUT2D eigenvalue weighted by Crippen LogP contribution is 2.42. The van der Waals surface area contributed by atoms with E-state index in [1.807, 2.05) is 36.1 Å². The van der Waals surface area contributed by atoms with E-state index in [1.54, 1.807) is 12.1 Å². The van der Waals surface area contributed by atoms with Crippen molar-refractivity contribution in [2.75, 3.05) is 18.7 Å². The van der Waals surface area contributed by atoms with Crippen molar-refractivity contribution in [2.45, 2.75) is 6.92 Å². The van der Waals surface area contributed by atoms with Crippen LogP contribution in [0.3, 0.4) is 0 Å². The second-order valence-corrected chi connectivity index (χ2v) is 5.76. The van der Waals surface area contributed by atoms with Crippen LogP contribution in [0.2, 0.25) is 10.0 Å². The Balaban J connectivity index is 2.21. The van der Waals surface area contributed by atoms with E-state index in [1.165, 1.54) is 12.2 Å². The largest absolute Gasteiger partial charge is 0.317 e. The maximum Gasteiger partial charge on any atom is 0.281 e. The highest BCUT2D eigenvalue weighted by atomic mass is 35.5. The van der Waals surface area contributed by atoms with Gasteiger partial charge in [0.25, 0.3) is 5.91 Å². The third-order valence-electron chi connectivity index (χ3n) is 3.67. The molecule has 0 fully saturated rings. The van der Waals surface area contributed by atoms with Crippen molar-refractivity contribution in [1.82, 2.24) is 5.06 Å². The van der Waals surface area contributed by atoms with Crippen LogP contribution in [0.15, 0.2) is 36.4 Å². The lowest BCUT2D eigenvalue weighted by molar-refractivity contribution is -0.0951. The number of benzene rings is 2. The summed E-state index contributed by atoms with van der Waals surface area (Å²) >= 11 is 12.8. The smallest absolute Gasteiger partial charge is 0.281 e. The first kappa shape index (κ1) is 15.2. The molecule has 1 amide bonds. The van der Waals surface area contributed by atoms with Crippen molar-refractivity contribution in [2.24, 2.45) is 0 Å². The van der Waals surface area contributed by atoms with Gasteiger partial charge in [-0.2, -0.15) is 5.06 Å². The summed E-state index contributed by atoms with van der Waals surface area (Å²) in [5, 5.41) is 2.36. The van der Waals surface area contributed by atoms with Gasteiger partial charge in [-0.25, -0.2) is 0 Å². The van der Waals surface area contributed by atoms with Gasteiger partial charge in [-0.05, 0) is 30.7 Å². The molecule has 0 aromatic heterocycles. The number of hydrogen-bond donors (Lipinski definition) is 0. The Morgan fingerprint density at radius 1 is 1.14 bits per heavy atom. The van der Waals surface area contributed by atoms with Gasteiger partial charge in [0.15, 0.2) is 0 Å². The lowest BCUT2D eigenvalue weighted by Crippen LogP contribution is -2.44. The van der Waals surface area contributed by atoms with Crippen LogP contribution in [0, 0.1) is 6.92 Å². The molecule has 3 rings (SSSR count). The molecule has 0 atom stereocenters. The molecule has 4 nitrogen and oxygen atoms in total. The van der Waals surface area contributed by atoms with E-state index in [0.717, 1.165) is 11.3 Å². The molecule has 0 saturated heterocycles. The van der Waals surface area contributed by atoms with Gasteiger partial charge >= 0.3 is 0 Å². The summed E-state index contributed by atoms with van der Waals surface area (Å²) in [7, 11) is 1.46. The van der Waals surface area contributed by atoms with Gasteiger partial charge in [0.05, 0.1) is 34.1 Å². The van der Waals surface area contributed by atoms with Crippen molar-refractivity contribution >= 4 is 40.5 Å². The Labute approximate surface area is 138 Å². The van der Waals surface area contributed by atoms with Gasteiger partial charge in [-0.1, -0.05) is 41.4 Å². The van der Waals surface area contributed by atoms with Crippen molar-refractivity contribution in [3.8, 4) is 0 Å². The van der Waals surface area contributed by atoms with E-state index < -0.39 is 0 Å². The molecule has 2 aromatic rings. The van der Waals surface area contributed by atoms with Crippen LogP contribution in [-0.2, 0) is 4.84 Å².